The smallest absolute Gasteiger partial charge is 0.338 e. The number of oxazole rings is 1. The topological polar surface area (TPSA) is 116 Å². The van der Waals surface area contributed by atoms with E-state index >= 15 is 0 Å². The van der Waals surface area contributed by atoms with Gasteiger partial charge in [-0.05, 0) is 13.8 Å². The van der Waals surface area contributed by atoms with Crippen LogP contribution in [0.3, 0.4) is 0 Å². The molecule has 0 fully saturated rings. The molecule has 3 N–H and O–H groups in total. The molecule has 0 aliphatic carbocycles. The van der Waals surface area contributed by atoms with E-state index in [1.54, 1.807) is 6.92 Å². The Kier molecular flexibility index (Phi) is 2.66. The molecule has 2 heterocycles. The third kappa shape index (κ3) is 1.75. The Balaban J connectivity index is 2.72. The van der Waals surface area contributed by atoms with Crippen molar-refractivity contribution in [1.82, 2.24) is 9.97 Å². The summed E-state index contributed by atoms with van der Waals surface area (Å²) in [6, 6.07) is 0. The number of H-pyrrole nitrogens is 1. The minimum absolute atomic E-state index is 0.0560. The number of carboxylic acids is 2. The van der Waals surface area contributed by atoms with Gasteiger partial charge in [0.15, 0.2) is 0 Å². The van der Waals surface area contributed by atoms with Crippen LogP contribution in [-0.4, -0.2) is 32.1 Å². The van der Waals surface area contributed by atoms with E-state index in [-0.39, 0.29) is 28.4 Å². The molecule has 0 unspecified atom stereocenters. The van der Waals surface area contributed by atoms with Gasteiger partial charge in [-0.25, -0.2) is 14.6 Å². The van der Waals surface area contributed by atoms with Crippen LogP contribution in [0.25, 0.3) is 11.6 Å². The highest BCUT2D eigenvalue weighted by molar-refractivity contribution is 6.06. The van der Waals surface area contributed by atoms with E-state index in [0.717, 1.165) is 0 Å². The van der Waals surface area contributed by atoms with E-state index in [9.17, 15) is 9.59 Å². The van der Waals surface area contributed by atoms with Gasteiger partial charge in [-0.3, -0.25) is 0 Å². The summed E-state index contributed by atoms with van der Waals surface area (Å²) in [5, 5.41) is 18.2. The zero-order chi connectivity index (χ0) is 13.4. The predicted molar refractivity (Wildman–Crippen MR) is 59.7 cm³/mol. The number of aromatic carboxylic acids is 2. The van der Waals surface area contributed by atoms with E-state index in [1.807, 2.05) is 0 Å². The number of rotatable bonds is 3. The molecule has 2 aromatic heterocycles. The van der Waals surface area contributed by atoms with Crippen LogP contribution in [0.5, 0.6) is 0 Å². The first-order chi connectivity index (χ1) is 8.41. The van der Waals surface area contributed by atoms with Crippen molar-refractivity contribution in [1.29, 1.82) is 0 Å². The molecule has 2 rings (SSSR count). The van der Waals surface area contributed by atoms with Crippen LogP contribution in [0.15, 0.2) is 10.6 Å². The van der Waals surface area contributed by atoms with Gasteiger partial charge in [0.05, 0.1) is 11.8 Å². The number of hydrogen-bond acceptors (Lipinski definition) is 4. The van der Waals surface area contributed by atoms with E-state index in [0.29, 0.717) is 5.76 Å². The van der Waals surface area contributed by atoms with Crippen molar-refractivity contribution in [3.63, 3.8) is 0 Å². The van der Waals surface area contributed by atoms with Crippen molar-refractivity contribution in [2.24, 2.45) is 0 Å². The molecule has 0 saturated heterocycles. The number of aryl methyl sites for hydroxylation is 2. The summed E-state index contributed by atoms with van der Waals surface area (Å²) in [4.78, 5) is 28.8. The van der Waals surface area contributed by atoms with Crippen LogP contribution in [0.1, 0.15) is 32.2 Å². The van der Waals surface area contributed by atoms with Crippen molar-refractivity contribution in [2.75, 3.05) is 0 Å². The largest absolute Gasteiger partial charge is 0.478 e. The quantitative estimate of drug-likeness (QED) is 0.763. The first-order valence-electron chi connectivity index (χ1n) is 5.03. The van der Waals surface area contributed by atoms with E-state index in [1.165, 1.54) is 13.1 Å². The van der Waals surface area contributed by atoms with Gasteiger partial charge >= 0.3 is 11.9 Å². The molecule has 0 aliphatic rings. The van der Waals surface area contributed by atoms with Gasteiger partial charge in [-0.15, -0.1) is 0 Å². The summed E-state index contributed by atoms with van der Waals surface area (Å²) >= 11 is 0. The summed E-state index contributed by atoms with van der Waals surface area (Å²) in [5.41, 5.74) is -0.327. The zero-order valence-corrected chi connectivity index (χ0v) is 9.64. The Morgan fingerprint density at radius 2 is 1.83 bits per heavy atom. The summed E-state index contributed by atoms with van der Waals surface area (Å²) in [6.07, 6.45) is 1.43. The SMILES string of the molecule is Cc1cnc(-c2[nH]c(C)c(C(=O)O)c2C(=O)O)o1. The molecule has 0 aromatic carbocycles. The maximum absolute atomic E-state index is 11.2. The predicted octanol–water partition coefficient (Wildman–Crippen LogP) is 1.68. The van der Waals surface area contributed by atoms with Crippen LogP contribution < -0.4 is 0 Å². The van der Waals surface area contributed by atoms with Gasteiger partial charge in [-0.2, -0.15) is 0 Å². The van der Waals surface area contributed by atoms with Crippen molar-refractivity contribution < 1.29 is 24.2 Å². The normalized spacial score (nSPS) is 10.6. The second-order valence-electron chi connectivity index (χ2n) is 3.76. The van der Waals surface area contributed by atoms with Crippen LogP contribution in [0.2, 0.25) is 0 Å². The van der Waals surface area contributed by atoms with E-state index < -0.39 is 11.9 Å². The lowest BCUT2D eigenvalue weighted by Gasteiger charge is -1.96. The molecule has 0 aliphatic heterocycles. The maximum Gasteiger partial charge on any atom is 0.338 e. The Labute approximate surface area is 101 Å². The summed E-state index contributed by atoms with van der Waals surface area (Å²) in [6.45, 7) is 3.14. The fourth-order valence-electron chi connectivity index (χ4n) is 1.74. The fraction of sp³-hybridized carbons (Fsp3) is 0.182. The molecule has 0 radical (unpaired) electrons. The standard InChI is InChI=1S/C11H10N2O5/c1-4-3-12-9(18-4)8-7(11(16)17)6(10(14)15)5(2)13-8/h3,13H,1-2H3,(H,14,15)(H,16,17). The van der Waals surface area contributed by atoms with Crippen molar-refractivity contribution in [3.05, 3.63) is 28.8 Å². The number of nitrogens with zero attached hydrogens (tertiary/aromatic N) is 1. The molecule has 0 amide bonds. The maximum atomic E-state index is 11.2. The van der Waals surface area contributed by atoms with Crippen LogP contribution in [0, 0.1) is 13.8 Å². The van der Waals surface area contributed by atoms with Crippen molar-refractivity contribution in [2.45, 2.75) is 13.8 Å². The molecule has 7 nitrogen and oxygen atoms in total. The third-order valence-electron chi connectivity index (χ3n) is 2.45. The van der Waals surface area contributed by atoms with Gasteiger partial charge in [0.2, 0.25) is 5.89 Å². The minimum atomic E-state index is -1.34. The molecule has 0 saturated carbocycles. The second-order valence-corrected chi connectivity index (χ2v) is 3.76. The average Bonchev–Trinajstić information content (AvgIpc) is 2.81. The first kappa shape index (κ1) is 11.9. The van der Waals surface area contributed by atoms with Gasteiger partial charge in [-0.1, -0.05) is 0 Å². The lowest BCUT2D eigenvalue weighted by molar-refractivity contribution is 0.0652. The lowest BCUT2D eigenvalue weighted by atomic mass is 10.1. The number of aromatic nitrogens is 2. The number of hydrogen-bond donors (Lipinski definition) is 3. The Hall–Kier alpha value is -2.57. The first-order valence-corrected chi connectivity index (χ1v) is 5.03. The minimum Gasteiger partial charge on any atom is -0.478 e. The Bertz CT molecular complexity index is 638. The van der Waals surface area contributed by atoms with Crippen LogP contribution in [-0.2, 0) is 0 Å². The molecule has 0 atom stereocenters. The number of carbonyl (C=O) groups is 2. The van der Waals surface area contributed by atoms with Gasteiger partial charge < -0.3 is 19.6 Å². The van der Waals surface area contributed by atoms with E-state index in [2.05, 4.69) is 9.97 Å². The molecule has 94 valence electrons. The molecular weight excluding hydrogens is 240 g/mol. The number of nitrogens with one attached hydrogen (secondary N) is 1. The highest BCUT2D eigenvalue weighted by Gasteiger charge is 2.28. The highest BCUT2D eigenvalue weighted by Crippen LogP contribution is 2.27. The second kappa shape index (κ2) is 4.02. The van der Waals surface area contributed by atoms with Crippen LogP contribution in [0.4, 0.5) is 0 Å². The summed E-state index contributed by atoms with van der Waals surface area (Å²) in [5.74, 6) is -2.09. The average molecular weight is 250 g/mol. The Morgan fingerprint density at radius 1 is 1.22 bits per heavy atom. The molecule has 18 heavy (non-hydrogen) atoms. The number of carboxylic acid groups (broad SMARTS) is 2. The molecular formula is C11H10N2O5. The van der Waals surface area contributed by atoms with Crippen molar-refractivity contribution >= 4 is 11.9 Å². The fourth-order valence-corrected chi connectivity index (χ4v) is 1.74. The third-order valence-corrected chi connectivity index (χ3v) is 2.45. The molecule has 0 bridgehead atoms. The molecule has 7 heteroatoms. The van der Waals surface area contributed by atoms with E-state index in [4.69, 9.17) is 14.6 Å². The zero-order valence-electron chi connectivity index (χ0n) is 9.64. The summed E-state index contributed by atoms with van der Waals surface area (Å²) in [7, 11) is 0. The lowest BCUT2D eigenvalue weighted by Crippen LogP contribution is -2.07. The highest BCUT2D eigenvalue weighted by atomic mass is 16.4. The molecule has 0 spiro atoms. The number of aromatic amines is 1. The monoisotopic (exact) mass is 250 g/mol. The molecule has 2 aromatic rings. The van der Waals surface area contributed by atoms with Gasteiger partial charge in [0.25, 0.3) is 0 Å². The van der Waals surface area contributed by atoms with Gasteiger partial charge in [0.1, 0.15) is 17.0 Å². The van der Waals surface area contributed by atoms with Gasteiger partial charge in [0, 0.05) is 5.69 Å². The summed E-state index contributed by atoms with van der Waals surface area (Å²) < 4.78 is 5.21. The Morgan fingerprint density at radius 3 is 2.28 bits per heavy atom. The van der Waals surface area contributed by atoms with Crippen LogP contribution >= 0.6 is 0 Å². The van der Waals surface area contributed by atoms with Crippen molar-refractivity contribution in [3.8, 4) is 11.6 Å².